The van der Waals surface area contributed by atoms with Crippen LogP contribution in [0.15, 0.2) is 24.3 Å². The predicted molar refractivity (Wildman–Crippen MR) is 73.3 cm³/mol. The van der Waals surface area contributed by atoms with Crippen LogP contribution in [0.25, 0.3) is 0 Å². The van der Waals surface area contributed by atoms with Crippen molar-refractivity contribution >= 4 is 11.6 Å². The van der Waals surface area contributed by atoms with Crippen LogP contribution in [-0.2, 0) is 14.3 Å². The van der Waals surface area contributed by atoms with Crippen molar-refractivity contribution in [2.75, 3.05) is 19.8 Å². The van der Waals surface area contributed by atoms with Crippen molar-refractivity contribution in [1.29, 1.82) is 0 Å². The number of carbonyl (C=O) groups excluding carboxylic acids is 1. The molecular formula is C13H17N3O5. The van der Waals surface area contributed by atoms with Gasteiger partial charge in [0.2, 0.25) is 5.91 Å². The normalized spacial score (nSPS) is 22.3. The van der Waals surface area contributed by atoms with Crippen molar-refractivity contribution in [2.45, 2.75) is 18.8 Å². The van der Waals surface area contributed by atoms with Gasteiger partial charge in [-0.2, -0.15) is 0 Å². The summed E-state index contributed by atoms with van der Waals surface area (Å²) in [6.45, 7) is 0.647. The standard InChI is InChI=1S/C13H17N3O5/c14-7-12(17)15-10-5-6-20-13(21-8-10)9-1-3-11(4-2-9)16(18)19/h1-4,10,13H,5-8,14H2,(H,15,17)/t10-,13+/m0/s1. The number of hydrogen-bond acceptors (Lipinski definition) is 6. The highest BCUT2D eigenvalue weighted by atomic mass is 16.7. The average molecular weight is 295 g/mol. The van der Waals surface area contributed by atoms with Gasteiger partial charge in [0.15, 0.2) is 6.29 Å². The maximum atomic E-state index is 11.2. The number of nitrogens with two attached hydrogens (primary N) is 1. The van der Waals surface area contributed by atoms with Crippen molar-refractivity contribution < 1.29 is 19.2 Å². The van der Waals surface area contributed by atoms with Crippen LogP contribution in [0, 0.1) is 10.1 Å². The zero-order chi connectivity index (χ0) is 15.2. The topological polar surface area (TPSA) is 117 Å². The summed E-state index contributed by atoms with van der Waals surface area (Å²) in [6, 6.07) is 5.86. The fraction of sp³-hybridized carbons (Fsp3) is 0.462. The summed E-state index contributed by atoms with van der Waals surface area (Å²) < 4.78 is 11.2. The van der Waals surface area contributed by atoms with Crippen LogP contribution in [0.4, 0.5) is 5.69 Å². The summed E-state index contributed by atoms with van der Waals surface area (Å²) in [7, 11) is 0. The molecule has 3 N–H and O–H groups in total. The molecule has 1 fully saturated rings. The molecule has 0 aliphatic carbocycles. The summed E-state index contributed by atoms with van der Waals surface area (Å²) in [4.78, 5) is 21.4. The molecule has 0 radical (unpaired) electrons. The van der Waals surface area contributed by atoms with E-state index in [4.69, 9.17) is 15.2 Å². The summed E-state index contributed by atoms with van der Waals surface area (Å²) in [6.07, 6.45) is 0.0282. The van der Waals surface area contributed by atoms with Crippen molar-refractivity contribution in [1.82, 2.24) is 5.32 Å². The summed E-state index contributed by atoms with van der Waals surface area (Å²) in [5.41, 5.74) is 5.96. The number of amides is 1. The highest BCUT2D eigenvalue weighted by Gasteiger charge is 2.22. The number of rotatable bonds is 4. The van der Waals surface area contributed by atoms with Crippen molar-refractivity contribution in [3.63, 3.8) is 0 Å². The van der Waals surface area contributed by atoms with Gasteiger partial charge in [0.05, 0.1) is 30.7 Å². The van der Waals surface area contributed by atoms with Crippen LogP contribution < -0.4 is 11.1 Å². The van der Waals surface area contributed by atoms with E-state index >= 15 is 0 Å². The van der Waals surface area contributed by atoms with Gasteiger partial charge in [-0.1, -0.05) is 0 Å². The number of ether oxygens (including phenoxy) is 2. The second-order valence-corrected chi connectivity index (χ2v) is 4.64. The lowest BCUT2D eigenvalue weighted by Gasteiger charge is -2.17. The number of non-ortho nitro benzene ring substituents is 1. The Morgan fingerprint density at radius 1 is 1.38 bits per heavy atom. The van der Waals surface area contributed by atoms with Gasteiger partial charge >= 0.3 is 0 Å². The molecule has 0 saturated carbocycles. The maximum Gasteiger partial charge on any atom is 0.269 e. The maximum absolute atomic E-state index is 11.2. The van der Waals surface area contributed by atoms with Gasteiger partial charge in [0.25, 0.3) is 5.69 Å². The third-order valence-corrected chi connectivity index (χ3v) is 3.11. The summed E-state index contributed by atoms with van der Waals surface area (Å²) in [5, 5.41) is 13.4. The minimum atomic E-state index is -0.592. The minimum absolute atomic E-state index is 0.0143. The van der Waals surface area contributed by atoms with E-state index in [1.165, 1.54) is 12.1 Å². The largest absolute Gasteiger partial charge is 0.350 e. The lowest BCUT2D eigenvalue weighted by atomic mass is 10.2. The van der Waals surface area contributed by atoms with E-state index in [2.05, 4.69) is 5.32 Å². The Morgan fingerprint density at radius 2 is 2.10 bits per heavy atom. The SMILES string of the molecule is NCC(=O)N[C@H]1CCO[C@@H](c2ccc([N+](=O)[O-])cc2)OC1. The highest BCUT2D eigenvalue weighted by molar-refractivity contribution is 5.78. The van der Waals surface area contributed by atoms with Crippen LogP contribution in [0.2, 0.25) is 0 Å². The van der Waals surface area contributed by atoms with E-state index in [1.807, 2.05) is 0 Å². The first-order chi connectivity index (χ1) is 10.1. The van der Waals surface area contributed by atoms with Crippen molar-refractivity contribution in [3.05, 3.63) is 39.9 Å². The Bertz CT molecular complexity index is 505. The van der Waals surface area contributed by atoms with Gasteiger partial charge in [0.1, 0.15) is 0 Å². The van der Waals surface area contributed by atoms with E-state index in [9.17, 15) is 14.9 Å². The molecule has 1 heterocycles. The fourth-order valence-corrected chi connectivity index (χ4v) is 2.00. The average Bonchev–Trinajstić information content (AvgIpc) is 2.73. The molecule has 1 aromatic carbocycles. The Kier molecular flexibility index (Phi) is 5.20. The van der Waals surface area contributed by atoms with E-state index in [1.54, 1.807) is 12.1 Å². The number of hydrogen-bond donors (Lipinski definition) is 2. The number of nitro groups is 1. The van der Waals surface area contributed by atoms with Crippen molar-refractivity contribution in [2.24, 2.45) is 5.73 Å². The quantitative estimate of drug-likeness (QED) is 0.616. The Hall–Kier alpha value is -2.03. The molecule has 2 atom stereocenters. The van der Waals surface area contributed by atoms with Gasteiger partial charge in [-0.15, -0.1) is 0 Å². The monoisotopic (exact) mass is 295 g/mol. The number of nitrogens with zero attached hydrogens (tertiary/aromatic N) is 1. The third kappa shape index (κ3) is 4.22. The smallest absolute Gasteiger partial charge is 0.269 e. The molecule has 0 aromatic heterocycles. The molecule has 0 bridgehead atoms. The van der Waals surface area contributed by atoms with E-state index in [0.717, 1.165) is 0 Å². The first-order valence-electron chi connectivity index (χ1n) is 6.57. The Balaban J connectivity index is 1.96. The molecule has 21 heavy (non-hydrogen) atoms. The second-order valence-electron chi connectivity index (χ2n) is 4.64. The molecule has 1 amide bonds. The molecule has 8 heteroatoms. The summed E-state index contributed by atoms with van der Waals surface area (Å²) in [5.74, 6) is -0.239. The molecule has 0 unspecified atom stereocenters. The van der Waals surface area contributed by atoms with Crippen LogP contribution in [0.5, 0.6) is 0 Å². The number of nitro benzene ring substituents is 1. The van der Waals surface area contributed by atoms with Gasteiger partial charge in [-0.3, -0.25) is 14.9 Å². The number of nitrogens with one attached hydrogen (secondary N) is 1. The molecule has 1 saturated heterocycles. The Morgan fingerprint density at radius 3 is 2.71 bits per heavy atom. The molecule has 0 spiro atoms. The molecule has 8 nitrogen and oxygen atoms in total. The van der Waals surface area contributed by atoms with Crippen LogP contribution in [-0.4, -0.2) is 36.6 Å². The predicted octanol–water partition coefficient (Wildman–Crippen LogP) is 0.474. The van der Waals surface area contributed by atoms with Gasteiger partial charge < -0.3 is 20.5 Å². The Labute approximate surface area is 121 Å². The van der Waals surface area contributed by atoms with Gasteiger partial charge in [0, 0.05) is 17.7 Å². The van der Waals surface area contributed by atoms with Gasteiger partial charge in [-0.25, -0.2) is 0 Å². The molecular weight excluding hydrogens is 278 g/mol. The van der Waals surface area contributed by atoms with E-state index < -0.39 is 11.2 Å². The number of benzene rings is 1. The molecule has 2 rings (SSSR count). The fourth-order valence-electron chi connectivity index (χ4n) is 2.00. The molecule has 1 aliphatic heterocycles. The minimum Gasteiger partial charge on any atom is -0.350 e. The first-order valence-corrected chi connectivity index (χ1v) is 6.57. The van der Waals surface area contributed by atoms with Crippen LogP contribution in [0.3, 0.4) is 0 Å². The molecule has 1 aliphatic rings. The van der Waals surface area contributed by atoms with E-state index in [-0.39, 0.29) is 24.2 Å². The lowest BCUT2D eigenvalue weighted by molar-refractivity contribution is -0.384. The lowest BCUT2D eigenvalue weighted by Crippen LogP contribution is -2.41. The third-order valence-electron chi connectivity index (χ3n) is 3.11. The van der Waals surface area contributed by atoms with Crippen LogP contribution in [0.1, 0.15) is 18.3 Å². The van der Waals surface area contributed by atoms with E-state index in [0.29, 0.717) is 25.2 Å². The zero-order valence-electron chi connectivity index (χ0n) is 11.4. The highest BCUT2D eigenvalue weighted by Crippen LogP contribution is 2.24. The first kappa shape index (κ1) is 15.4. The number of carbonyl (C=O) groups is 1. The van der Waals surface area contributed by atoms with Crippen LogP contribution >= 0.6 is 0 Å². The summed E-state index contributed by atoms with van der Waals surface area (Å²) >= 11 is 0. The second kappa shape index (κ2) is 7.11. The molecule has 114 valence electrons. The van der Waals surface area contributed by atoms with Crippen molar-refractivity contribution in [3.8, 4) is 0 Å². The molecule has 1 aromatic rings. The van der Waals surface area contributed by atoms with Gasteiger partial charge in [-0.05, 0) is 18.6 Å². The zero-order valence-corrected chi connectivity index (χ0v) is 11.4.